The second-order valence-corrected chi connectivity index (χ2v) is 10.4. The maximum absolute atomic E-state index is 10.9. The lowest BCUT2D eigenvalue weighted by Crippen LogP contribution is -2.34. The van der Waals surface area contributed by atoms with Crippen LogP contribution in [0.2, 0.25) is 0 Å². The number of aliphatic hydroxyl groups is 1. The van der Waals surface area contributed by atoms with Gasteiger partial charge >= 0.3 is 0 Å². The molecule has 4 aliphatic rings. The summed E-state index contributed by atoms with van der Waals surface area (Å²) in [6.45, 7) is 10.3. The quantitative estimate of drug-likeness (QED) is 0.582. The van der Waals surface area contributed by atoms with Gasteiger partial charge in [0, 0.05) is 25.4 Å². The van der Waals surface area contributed by atoms with Gasteiger partial charge < -0.3 is 24.1 Å². The van der Waals surface area contributed by atoms with E-state index in [-0.39, 0.29) is 29.5 Å². The minimum Gasteiger partial charge on any atom is -0.388 e. The first-order valence-corrected chi connectivity index (χ1v) is 11.9. The summed E-state index contributed by atoms with van der Waals surface area (Å²) in [6, 6.07) is 0. The van der Waals surface area contributed by atoms with Crippen LogP contribution in [-0.4, -0.2) is 49.2 Å². The summed E-state index contributed by atoms with van der Waals surface area (Å²) in [5.41, 5.74) is -0.180. The van der Waals surface area contributed by atoms with Crippen molar-refractivity contribution in [2.24, 2.45) is 23.2 Å². The molecular formula is C25H40O5. The van der Waals surface area contributed by atoms with Gasteiger partial charge in [0.1, 0.15) is 0 Å². The molecule has 0 bridgehead atoms. The summed E-state index contributed by atoms with van der Waals surface area (Å²) in [7, 11) is 0. The SMILES string of the molecule is C=CCCC(C)(C)C(O)C=C[C@@H]1[C@@H]2CC3(C[C@@H]2C[C@H]1OC1CCCCO1)OCCO3. The molecule has 5 heteroatoms. The van der Waals surface area contributed by atoms with Crippen molar-refractivity contribution in [1.29, 1.82) is 0 Å². The zero-order valence-corrected chi connectivity index (χ0v) is 18.8. The van der Waals surface area contributed by atoms with Gasteiger partial charge in [0.15, 0.2) is 12.1 Å². The highest BCUT2D eigenvalue weighted by molar-refractivity contribution is 5.10. The van der Waals surface area contributed by atoms with Crippen molar-refractivity contribution < 1.29 is 24.1 Å². The van der Waals surface area contributed by atoms with Gasteiger partial charge in [-0.1, -0.05) is 32.1 Å². The largest absolute Gasteiger partial charge is 0.388 e. The average Bonchev–Trinajstić information content (AvgIpc) is 3.41. The van der Waals surface area contributed by atoms with E-state index in [1.807, 2.05) is 12.2 Å². The third-order valence-electron chi connectivity index (χ3n) is 7.77. The molecule has 1 N–H and O–H groups in total. The average molecular weight is 421 g/mol. The van der Waals surface area contributed by atoms with Crippen molar-refractivity contribution >= 4 is 0 Å². The number of aliphatic hydroxyl groups excluding tert-OH is 1. The third-order valence-corrected chi connectivity index (χ3v) is 7.77. The van der Waals surface area contributed by atoms with Crippen LogP contribution < -0.4 is 0 Å². The number of fused-ring (bicyclic) bond motifs is 1. The highest BCUT2D eigenvalue weighted by Gasteiger charge is 2.56. The van der Waals surface area contributed by atoms with Gasteiger partial charge in [0.05, 0.1) is 25.4 Å². The van der Waals surface area contributed by atoms with Gasteiger partial charge in [-0.15, -0.1) is 6.58 Å². The first-order chi connectivity index (χ1) is 14.4. The molecule has 0 aromatic rings. The van der Waals surface area contributed by atoms with E-state index in [1.165, 1.54) is 6.42 Å². The molecule has 4 rings (SSSR count). The summed E-state index contributed by atoms with van der Waals surface area (Å²) in [5, 5.41) is 10.9. The highest BCUT2D eigenvalue weighted by Crippen LogP contribution is 2.55. The predicted octanol–water partition coefficient (Wildman–Crippen LogP) is 4.60. The lowest BCUT2D eigenvalue weighted by atomic mass is 9.80. The minimum atomic E-state index is -0.488. The second kappa shape index (κ2) is 9.41. The molecule has 2 saturated heterocycles. The Morgan fingerprint density at radius 3 is 2.70 bits per heavy atom. The Kier molecular flexibility index (Phi) is 7.05. The summed E-state index contributed by atoms with van der Waals surface area (Å²) < 4.78 is 24.4. The Morgan fingerprint density at radius 2 is 2.00 bits per heavy atom. The van der Waals surface area contributed by atoms with Gasteiger partial charge in [0.25, 0.3) is 0 Å². The first-order valence-electron chi connectivity index (χ1n) is 11.9. The molecule has 5 nitrogen and oxygen atoms in total. The fraction of sp³-hybridized carbons (Fsp3) is 0.840. The molecule has 0 aromatic heterocycles. The molecule has 6 atom stereocenters. The van der Waals surface area contributed by atoms with Crippen LogP contribution in [0.15, 0.2) is 24.8 Å². The topological polar surface area (TPSA) is 57.2 Å². The van der Waals surface area contributed by atoms with Gasteiger partial charge in [-0.05, 0) is 55.8 Å². The van der Waals surface area contributed by atoms with E-state index in [2.05, 4.69) is 26.5 Å². The number of hydrogen-bond donors (Lipinski definition) is 1. The summed E-state index contributed by atoms with van der Waals surface area (Å²) in [4.78, 5) is 0. The molecule has 2 unspecified atom stereocenters. The van der Waals surface area contributed by atoms with Gasteiger partial charge in [0.2, 0.25) is 0 Å². The van der Waals surface area contributed by atoms with Crippen molar-refractivity contribution in [2.75, 3.05) is 19.8 Å². The van der Waals surface area contributed by atoms with Crippen molar-refractivity contribution in [2.45, 2.75) is 89.5 Å². The van der Waals surface area contributed by atoms with Crippen LogP contribution in [0.1, 0.15) is 65.2 Å². The van der Waals surface area contributed by atoms with E-state index in [0.29, 0.717) is 25.0 Å². The standard InChI is InChI=1S/C25H40O5/c1-4-5-11-24(2,3)22(26)10-9-19-20-17-25(28-13-14-29-25)16-18(20)15-21(19)30-23-8-6-7-12-27-23/h4,9-10,18-23,26H,1,5-8,11-17H2,2-3H3/t18-,19+,20+,21+,22?,23?/m0/s1. The molecule has 170 valence electrons. The Bertz CT molecular complexity index is 603. The molecule has 30 heavy (non-hydrogen) atoms. The van der Waals surface area contributed by atoms with E-state index in [4.69, 9.17) is 18.9 Å². The maximum Gasteiger partial charge on any atom is 0.169 e. The lowest BCUT2D eigenvalue weighted by molar-refractivity contribution is -0.198. The molecule has 0 radical (unpaired) electrons. The number of allylic oxidation sites excluding steroid dienone is 1. The second-order valence-electron chi connectivity index (χ2n) is 10.4. The van der Waals surface area contributed by atoms with E-state index in [9.17, 15) is 5.11 Å². The summed E-state index contributed by atoms with van der Waals surface area (Å²) >= 11 is 0. The molecule has 2 aliphatic carbocycles. The molecule has 2 aliphatic heterocycles. The zero-order valence-electron chi connectivity index (χ0n) is 18.8. The smallest absolute Gasteiger partial charge is 0.169 e. The molecular weight excluding hydrogens is 380 g/mol. The fourth-order valence-corrected chi connectivity index (χ4v) is 5.87. The van der Waals surface area contributed by atoms with Crippen LogP contribution in [0.5, 0.6) is 0 Å². The molecule has 0 aromatic carbocycles. The Balaban J connectivity index is 1.46. The summed E-state index contributed by atoms with van der Waals surface area (Å²) in [6.07, 6.45) is 13.7. The molecule has 1 spiro atoms. The number of hydrogen-bond acceptors (Lipinski definition) is 5. The molecule has 2 heterocycles. The molecule has 4 fully saturated rings. The zero-order chi connectivity index (χ0) is 21.2. The number of ether oxygens (including phenoxy) is 4. The normalized spacial score (nSPS) is 37.1. The van der Waals surface area contributed by atoms with Crippen molar-refractivity contribution in [3.8, 4) is 0 Å². The van der Waals surface area contributed by atoms with E-state index in [0.717, 1.165) is 51.6 Å². The fourth-order valence-electron chi connectivity index (χ4n) is 5.87. The summed E-state index contributed by atoms with van der Waals surface area (Å²) in [5.74, 6) is 0.890. The van der Waals surface area contributed by atoms with E-state index >= 15 is 0 Å². The number of rotatable bonds is 8. The molecule has 0 amide bonds. The third kappa shape index (κ3) is 4.86. The Hall–Kier alpha value is -0.720. The lowest BCUT2D eigenvalue weighted by Gasteiger charge is -2.32. The minimum absolute atomic E-state index is 0.0830. The van der Waals surface area contributed by atoms with Gasteiger partial charge in [-0.25, -0.2) is 0 Å². The van der Waals surface area contributed by atoms with Crippen LogP contribution in [-0.2, 0) is 18.9 Å². The van der Waals surface area contributed by atoms with Crippen LogP contribution >= 0.6 is 0 Å². The van der Waals surface area contributed by atoms with E-state index < -0.39 is 6.10 Å². The van der Waals surface area contributed by atoms with Gasteiger partial charge in [-0.3, -0.25) is 0 Å². The van der Waals surface area contributed by atoms with Crippen molar-refractivity contribution in [3.63, 3.8) is 0 Å². The van der Waals surface area contributed by atoms with Crippen molar-refractivity contribution in [3.05, 3.63) is 24.8 Å². The maximum atomic E-state index is 10.9. The predicted molar refractivity (Wildman–Crippen MR) is 116 cm³/mol. The Morgan fingerprint density at radius 1 is 1.20 bits per heavy atom. The monoisotopic (exact) mass is 420 g/mol. The van der Waals surface area contributed by atoms with Crippen LogP contribution in [0.4, 0.5) is 0 Å². The highest BCUT2D eigenvalue weighted by atomic mass is 16.7. The van der Waals surface area contributed by atoms with Crippen LogP contribution in [0, 0.1) is 23.2 Å². The first kappa shape index (κ1) is 22.5. The van der Waals surface area contributed by atoms with Crippen LogP contribution in [0.25, 0.3) is 0 Å². The molecule has 2 saturated carbocycles. The van der Waals surface area contributed by atoms with Gasteiger partial charge in [-0.2, -0.15) is 0 Å². The van der Waals surface area contributed by atoms with E-state index in [1.54, 1.807) is 0 Å². The van der Waals surface area contributed by atoms with Crippen molar-refractivity contribution in [1.82, 2.24) is 0 Å². The Labute approximate surface area is 181 Å². The van der Waals surface area contributed by atoms with Crippen LogP contribution in [0.3, 0.4) is 0 Å².